The van der Waals surface area contributed by atoms with Crippen molar-refractivity contribution in [2.24, 2.45) is 5.92 Å². The summed E-state index contributed by atoms with van der Waals surface area (Å²) in [5.74, 6) is 1.60. The van der Waals surface area contributed by atoms with E-state index in [-0.39, 0.29) is 12.1 Å². The van der Waals surface area contributed by atoms with Gasteiger partial charge in [0.1, 0.15) is 0 Å². The van der Waals surface area contributed by atoms with Gasteiger partial charge in [0.25, 0.3) is 0 Å². The lowest BCUT2D eigenvalue weighted by atomic mass is 9.67. The number of esters is 1. The molecule has 3 rings (SSSR count). The zero-order chi connectivity index (χ0) is 19.3. The fourth-order valence-electron chi connectivity index (χ4n) is 4.41. The molecule has 2 fully saturated rings. The SMILES string of the molecule is COC(=O)CC1CCC(C#N)(c2ccc(OC)c(OC3CCCC3)c2)CC1. The van der Waals surface area contributed by atoms with Crippen LogP contribution in [0, 0.1) is 17.2 Å². The second kappa shape index (κ2) is 8.65. The van der Waals surface area contributed by atoms with Crippen LogP contribution in [0.4, 0.5) is 0 Å². The summed E-state index contributed by atoms with van der Waals surface area (Å²) in [6.45, 7) is 0. The van der Waals surface area contributed by atoms with Crippen LogP contribution >= 0.6 is 0 Å². The van der Waals surface area contributed by atoms with Crippen molar-refractivity contribution in [3.63, 3.8) is 0 Å². The first-order chi connectivity index (χ1) is 13.1. The molecule has 0 N–H and O–H groups in total. The normalized spacial score (nSPS) is 25.6. The van der Waals surface area contributed by atoms with E-state index in [1.807, 2.05) is 18.2 Å². The van der Waals surface area contributed by atoms with E-state index in [0.29, 0.717) is 12.3 Å². The summed E-state index contributed by atoms with van der Waals surface area (Å²) >= 11 is 0. The predicted octanol–water partition coefficient (Wildman–Crippen LogP) is 4.53. The molecule has 2 aliphatic carbocycles. The molecule has 0 unspecified atom stereocenters. The van der Waals surface area contributed by atoms with Crippen LogP contribution in [0.3, 0.4) is 0 Å². The predicted molar refractivity (Wildman–Crippen MR) is 102 cm³/mol. The summed E-state index contributed by atoms with van der Waals surface area (Å²) in [5.41, 5.74) is 0.475. The quantitative estimate of drug-likeness (QED) is 0.687. The Morgan fingerprint density at radius 2 is 1.85 bits per heavy atom. The van der Waals surface area contributed by atoms with Crippen LogP contribution in [0.25, 0.3) is 0 Å². The number of ether oxygens (including phenoxy) is 3. The molecule has 0 bridgehead atoms. The van der Waals surface area contributed by atoms with Gasteiger partial charge in [-0.1, -0.05) is 6.07 Å². The Morgan fingerprint density at radius 1 is 1.15 bits per heavy atom. The summed E-state index contributed by atoms with van der Waals surface area (Å²) in [6, 6.07) is 8.47. The summed E-state index contributed by atoms with van der Waals surface area (Å²) in [5, 5.41) is 10.00. The molecule has 0 aliphatic heterocycles. The first-order valence-electron chi connectivity index (χ1n) is 9.93. The van der Waals surface area contributed by atoms with E-state index in [1.54, 1.807) is 7.11 Å². The molecule has 5 nitrogen and oxygen atoms in total. The third-order valence-electron chi connectivity index (χ3n) is 6.17. The van der Waals surface area contributed by atoms with Crippen LogP contribution < -0.4 is 9.47 Å². The molecular weight excluding hydrogens is 342 g/mol. The second-order valence-corrected chi connectivity index (χ2v) is 7.81. The molecular formula is C22H29NO4. The first-order valence-corrected chi connectivity index (χ1v) is 9.93. The van der Waals surface area contributed by atoms with Gasteiger partial charge in [-0.05, 0) is 75.0 Å². The highest BCUT2D eigenvalue weighted by Crippen LogP contribution is 2.44. The number of hydrogen-bond donors (Lipinski definition) is 0. The van der Waals surface area contributed by atoms with Gasteiger partial charge in [0.05, 0.1) is 31.8 Å². The van der Waals surface area contributed by atoms with Crippen LogP contribution in [0.2, 0.25) is 0 Å². The van der Waals surface area contributed by atoms with Gasteiger partial charge in [-0.15, -0.1) is 0 Å². The minimum absolute atomic E-state index is 0.166. The van der Waals surface area contributed by atoms with Crippen molar-refractivity contribution in [2.45, 2.75) is 69.3 Å². The van der Waals surface area contributed by atoms with Crippen LogP contribution in [-0.2, 0) is 14.9 Å². The lowest BCUT2D eigenvalue weighted by Gasteiger charge is -2.35. The third-order valence-corrected chi connectivity index (χ3v) is 6.17. The van der Waals surface area contributed by atoms with E-state index in [1.165, 1.54) is 20.0 Å². The Kier molecular flexibility index (Phi) is 6.26. The van der Waals surface area contributed by atoms with Gasteiger partial charge < -0.3 is 14.2 Å². The largest absolute Gasteiger partial charge is 0.493 e. The maximum absolute atomic E-state index is 11.5. The first kappa shape index (κ1) is 19.5. The second-order valence-electron chi connectivity index (χ2n) is 7.81. The van der Waals surface area contributed by atoms with E-state index in [4.69, 9.17) is 14.2 Å². The van der Waals surface area contributed by atoms with Gasteiger partial charge in [-0.25, -0.2) is 0 Å². The van der Waals surface area contributed by atoms with Crippen molar-refractivity contribution in [2.75, 3.05) is 14.2 Å². The maximum Gasteiger partial charge on any atom is 0.305 e. The molecule has 0 heterocycles. The van der Waals surface area contributed by atoms with Crippen molar-refractivity contribution in [1.29, 1.82) is 5.26 Å². The Labute approximate surface area is 161 Å². The molecule has 2 saturated carbocycles. The molecule has 5 heteroatoms. The lowest BCUT2D eigenvalue weighted by molar-refractivity contribution is -0.142. The highest BCUT2D eigenvalue weighted by Gasteiger charge is 2.38. The average molecular weight is 371 g/mol. The summed E-state index contributed by atoms with van der Waals surface area (Å²) in [4.78, 5) is 11.5. The van der Waals surface area contributed by atoms with Crippen molar-refractivity contribution >= 4 is 5.97 Å². The number of benzene rings is 1. The van der Waals surface area contributed by atoms with Crippen LogP contribution in [0.1, 0.15) is 63.4 Å². The van der Waals surface area contributed by atoms with Crippen molar-refractivity contribution in [3.05, 3.63) is 23.8 Å². The molecule has 2 aliphatic rings. The minimum Gasteiger partial charge on any atom is -0.493 e. The van der Waals surface area contributed by atoms with Crippen molar-refractivity contribution in [3.8, 4) is 17.6 Å². The van der Waals surface area contributed by atoms with E-state index < -0.39 is 5.41 Å². The zero-order valence-corrected chi connectivity index (χ0v) is 16.3. The van der Waals surface area contributed by atoms with Crippen molar-refractivity contribution < 1.29 is 19.0 Å². The monoisotopic (exact) mass is 371 g/mol. The fourth-order valence-corrected chi connectivity index (χ4v) is 4.41. The number of rotatable bonds is 6. The lowest BCUT2D eigenvalue weighted by Crippen LogP contribution is -2.31. The molecule has 0 radical (unpaired) electrons. The molecule has 146 valence electrons. The van der Waals surface area contributed by atoms with Gasteiger partial charge in [0.2, 0.25) is 0 Å². The molecule has 0 aromatic heterocycles. The highest BCUT2D eigenvalue weighted by molar-refractivity contribution is 5.69. The zero-order valence-electron chi connectivity index (χ0n) is 16.3. The van der Waals surface area contributed by atoms with E-state index in [0.717, 1.165) is 55.6 Å². The summed E-state index contributed by atoms with van der Waals surface area (Å²) in [6.07, 6.45) is 8.45. The molecule has 27 heavy (non-hydrogen) atoms. The fraction of sp³-hybridized carbons (Fsp3) is 0.636. The molecule has 1 aromatic carbocycles. The third kappa shape index (κ3) is 4.37. The van der Waals surface area contributed by atoms with Crippen LogP contribution in [0.5, 0.6) is 11.5 Å². The van der Waals surface area contributed by atoms with Gasteiger partial charge in [-0.2, -0.15) is 5.26 Å². The van der Waals surface area contributed by atoms with Crippen LogP contribution in [0.15, 0.2) is 18.2 Å². The molecule has 0 spiro atoms. The number of nitrogens with zero attached hydrogens (tertiary/aromatic N) is 1. The Morgan fingerprint density at radius 3 is 2.44 bits per heavy atom. The van der Waals surface area contributed by atoms with Gasteiger partial charge in [0.15, 0.2) is 11.5 Å². The Balaban J connectivity index is 1.77. The van der Waals surface area contributed by atoms with Gasteiger partial charge in [0, 0.05) is 6.42 Å². The molecule has 0 atom stereocenters. The van der Waals surface area contributed by atoms with E-state index in [9.17, 15) is 10.1 Å². The summed E-state index contributed by atoms with van der Waals surface area (Å²) < 4.78 is 16.5. The number of carbonyl (C=O) groups excluding carboxylic acids is 1. The van der Waals surface area contributed by atoms with E-state index >= 15 is 0 Å². The Bertz CT molecular complexity index is 695. The average Bonchev–Trinajstić information content (AvgIpc) is 3.21. The van der Waals surface area contributed by atoms with Gasteiger partial charge in [-0.3, -0.25) is 4.79 Å². The smallest absolute Gasteiger partial charge is 0.305 e. The van der Waals surface area contributed by atoms with Crippen LogP contribution in [-0.4, -0.2) is 26.3 Å². The standard InChI is InChI=1S/C22H29NO4/c1-25-19-8-7-17(14-20(19)27-18-5-3-4-6-18)22(15-23)11-9-16(10-12-22)13-21(24)26-2/h7-8,14,16,18H,3-6,9-13H2,1-2H3. The number of carbonyl (C=O) groups is 1. The van der Waals surface area contributed by atoms with Gasteiger partial charge >= 0.3 is 5.97 Å². The molecule has 0 saturated heterocycles. The number of hydrogen-bond acceptors (Lipinski definition) is 5. The summed E-state index contributed by atoms with van der Waals surface area (Å²) in [7, 11) is 3.07. The highest BCUT2D eigenvalue weighted by atomic mass is 16.5. The maximum atomic E-state index is 11.5. The number of nitriles is 1. The molecule has 1 aromatic rings. The number of methoxy groups -OCH3 is 2. The topological polar surface area (TPSA) is 68.6 Å². The van der Waals surface area contributed by atoms with E-state index in [2.05, 4.69) is 6.07 Å². The minimum atomic E-state index is -0.521. The van der Waals surface area contributed by atoms with Crippen molar-refractivity contribution in [1.82, 2.24) is 0 Å². The Hall–Kier alpha value is -2.22. The molecule has 0 amide bonds.